The molecule has 0 aliphatic rings. The van der Waals surface area contributed by atoms with Crippen molar-refractivity contribution in [1.82, 2.24) is 15.4 Å². The molecule has 2 rings (SSSR count). The predicted octanol–water partition coefficient (Wildman–Crippen LogP) is 0.521. The highest BCUT2D eigenvalue weighted by Crippen LogP contribution is 2.32. The third-order valence-corrected chi connectivity index (χ3v) is 2.87. The molecule has 23 heavy (non-hydrogen) atoms. The van der Waals surface area contributed by atoms with Crippen LogP contribution in [0.15, 0.2) is 18.2 Å². The highest BCUT2D eigenvalue weighted by atomic mass is 16.6. The average Bonchev–Trinajstić information content (AvgIpc) is 3.03. The Morgan fingerprint density at radius 2 is 2.04 bits per heavy atom. The molecule has 0 radical (unpaired) electrons. The van der Waals surface area contributed by atoms with Crippen molar-refractivity contribution >= 4 is 11.9 Å². The molecule has 1 amide bonds. The van der Waals surface area contributed by atoms with Gasteiger partial charge in [-0.25, -0.2) is 4.79 Å². The molecule has 122 valence electrons. The highest BCUT2D eigenvalue weighted by Gasteiger charge is 2.17. The van der Waals surface area contributed by atoms with E-state index in [1.807, 2.05) is 0 Å². The number of ether oxygens (including phenoxy) is 3. The van der Waals surface area contributed by atoms with Crippen molar-refractivity contribution in [1.29, 1.82) is 0 Å². The van der Waals surface area contributed by atoms with Crippen LogP contribution in [0.1, 0.15) is 17.4 Å². The first-order valence-corrected chi connectivity index (χ1v) is 6.74. The number of carbonyl (C=O) groups excluding carboxylic acids is 2. The lowest BCUT2D eigenvalue weighted by Crippen LogP contribution is -2.15. The molecule has 3 N–H and O–H groups in total. The molecule has 0 fully saturated rings. The minimum atomic E-state index is -0.699. The summed E-state index contributed by atoms with van der Waals surface area (Å²) in [5, 5.41) is 9.96. The largest absolute Gasteiger partial charge is 0.493 e. The molecule has 9 nitrogen and oxygen atoms in total. The van der Waals surface area contributed by atoms with Gasteiger partial charge in [0.1, 0.15) is 5.69 Å². The Labute approximate surface area is 131 Å². The maximum atomic E-state index is 11.3. The molecule has 0 saturated heterocycles. The second kappa shape index (κ2) is 7.25. The summed E-state index contributed by atoms with van der Waals surface area (Å²) >= 11 is 0. The van der Waals surface area contributed by atoms with E-state index < -0.39 is 11.9 Å². The Morgan fingerprint density at radius 3 is 2.70 bits per heavy atom. The van der Waals surface area contributed by atoms with Crippen LogP contribution in [0.2, 0.25) is 0 Å². The number of amides is 1. The summed E-state index contributed by atoms with van der Waals surface area (Å²) in [5.41, 5.74) is 6.12. The second-order valence-corrected chi connectivity index (χ2v) is 4.34. The van der Waals surface area contributed by atoms with Gasteiger partial charge in [-0.1, -0.05) is 0 Å². The first kappa shape index (κ1) is 16.3. The minimum Gasteiger partial charge on any atom is -0.493 e. The van der Waals surface area contributed by atoms with E-state index in [1.165, 1.54) is 7.11 Å². The number of benzene rings is 1. The van der Waals surface area contributed by atoms with Gasteiger partial charge in [0.15, 0.2) is 23.8 Å². The fourth-order valence-electron chi connectivity index (χ4n) is 1.88. The number of carbonyl (C=O) groups is 2. The van der Waals surface area contributed by atoms with E-state index in [9.17, 15) is 9.59 Å². The van der Waals surface area contributed by atoms with Gasteiger partial charge in [0, 0.05) is 5.56 Å². The van der Waals surface area contributed by atoms with Crippen molar-refractivity contribution in [2.45, 2.75) is 6.92 Å². The van der Waals surface area contributed by atoms with E-state index >= 15 is 0 Å². The summed E-state index contributed by atoms with van der Waals surface area (Å²) in [6.07, 6.45) is 0. The smallest absolute Gasteiger partial charge is 0.344 e. The number of hydrogen-bond donors (Lipinski definition) is 2. The summed E-state index contributed by atoms with van der Waals surface area (Å²) in [6, 6.07) is 4.84. The molecule has 1 aromatic carbocycles. The molecule has 0 aliphatic carbocycles. The molecule has 0 saturated carbocycles. The van der Waals surface area contributed by atoms with Crippen LogP contribution >= 0.6 is 0 Å². The number of hydrogen-bond acceptors (Lipinski definition) is 7. The fraction of sp³-hybridized carbons (Fsp3) is 0.286. The number of primary amides is 1. The summed E-state index contributed by atoms with van der Waals surface area (Å²) < 4.78 is 15.4. The van der Waals surface area contributed by atoms with E-state index in [0.29, 0.717) is 22.8 Å². The number of esters is 1. The van der Waals surface area contributed by atoms with Crippen LogP contribution in [0, 0.1) is 0 Å². The lowest BCUT2D eigenvalue weighted by molar-refractivity contribution is -0.145. The topological polar surface area (TPSA) is 129 Å². The van der Waals surface area contributed by atoms with Crippen molar-refractivity contribution in [2.75, 3.05) is 20.3 Å². The second-order valence-electron chi connectivity index (χ2n) is 4.34. The Kier molecular flexibility index (Phi) is 5.13. The highest BCUT2D eigenvalue weighted by molar-refractivity contribution is 5.96. The Hall–Kier alpha value is -3.10. The predicted molar refractivity (Wildman–Crippen MR) is 79.0 cm³/mol. The number of rotatable bonds is 7. The van der Waals surface area contributed by atoms with Crippen molar-refractivity contribution < 1.29 is 23.8 Å². The molecule has 1 heterocycles. The molecule has 1 aromatic heterocycles. The van der Waals surface area contributed by atoms with Crippen molar-refractivity contribution in [2.24, 2.45) is 5.73 Å². The molecule has 0 unspecified atom stereocenters. The normalized spacial score (nSPS) is 10.2. The molecular formula is C14H16N4O5. The summed E-state index contributed by atoms with van der Waals surface area (Å²) in [4.78, 5) is 22.6. The number of nitrogens with one attached hydrogen (secondary N) is 1. The number of nitrogens with zero attached hydrogens (tertiary/aromatic N) is 2. The molecule has 0 bridgehead atoms. The van der Waals surface area contributed by atoms with Gasteiger partial charge in [-0.2, -0.15) is 15.4 Å². The Balaban J connectivity index is 2.24. The molecule has 9 heteroatoms. The van der Waals surface area contributed by atoms with E-state index in [2.05, 4.69) is 15.4 Å². The van der Waals surface area contributed by atoms with E-state index in [-0.39, 0.29) is 18.9 Å². The van der Waals surface area contributed by atoms with Crippen molar-refractivity contribution in [3.8, 4) is 22.8 Å². The van der Waals surface area contributed by atoms with E-state index in [0.717, 1.165) is 0 Å². The van der Waals surface area contributed by atoms with Crippen LogP contribution in [-0.4, -0.2) is 47.6 Å². The minimum absolute atomic E-state index is 0.0206. The van der Waals surface area contributed by atoms with Gasteiger partial charge in [0.05, 0.1) is 13.7 Å². The Bertz CT molecular complexity index is 713. The molecule has 0 aliphatic heterocycles. The number of nitrogens with two attached hydrogens (primary N) is 1. The van der Waals surface area contributed by atoms with Gasteiger partial charge in [0.25, 0.3) is 5.91 Å². The third kappa shape index (κ3) is 3.76. The van der Waals surface area contributed by atoms with E-state index in [4.69, 9.17) is 19.9 Å². The van der Waals surface area contributed by atoms with Gasteiger partial charge < -0.3 is 19.9 Å². The average molecular weight is 320 g/mol. The summed E-state index contributed by atoms with van der Waals surface area (Å²) in [5.74, 6) is -0.458. The number of aromatic nitrogens is 3. The third-order valence-electron chi connectivity index (χ3n) is 2.87. The quantitative estimate of drug-likeness (QED) is 0.711. The van der Waals surface area contributed by atoms with Gasteiger partial charge in [-0.15, -0.1) is 0 Å². The maximum absolute atomic E-state index is 11.3. The van der Waals surface area contributed by atoms with Crippen molar-refractivity contribution in [3.63, 3.8) is 0 Å². The molecule has 0 atom stereocenters. The van der Waals surface area contributed by atoms with Gasteiger partial charge in [-0.05, 0) is 25.1 Å². The first-order valence-electron chi connectivity index (χ1n) is 6.74. The molecular weight excluding hydrogens is 304 g/mol. The van der Waals surface area contributed by atoms with Crippen LogP contribution in [0.5, 0.6) is 11.5 Å². The monoisotopic (exact) mass is 320 g/mol. The lowest BCUT2D eigenvalue weighted by Gasteiger charge is -2.11. The van der Waals surface area contributed by atoms with Gasteiger partial charge in [-0.3, -0.25) is 4.79 Å². The van der Waals surface area contributed by atoms with Crippen LogP contribution in [-0.2, 0) is 9.53 Å². The zero-order valence-electron chi connectivity index (χ0n) is 12.7. The maximum Gasteiger partial charge on any atom is 0.344 e. The molecule has 0 spiro atoms. The SMILES string of the molecule is CCOC(=O)COc1ccc(-c2n[nH]nc2C(N)=O)cc1OC. The lowest BCUT2D eigenvalue weighted by atomic mass is 10.1. The standard InChI is InChI=1S/C14H16N4O5/c1-3-22-11(19)7-23-9-5-4-8(6-10(9)21-2)12-13(14(15)20)17-18-16-12/h4-6H,3,7H2,1-2H3,(H2,15,20)(H,16,17,18). The van der Waals surface area contributed by atoms with Crippen LogP contribution in [0.4, 0.5) is 0 Å². The number of H-pyrrole nitrogens is 1. The van der Waals surface area contributed by atoms with Crippen molar-refractivity contribution in [3.05, 3.63) is 23.9 Å². The summed E-state index contributed by atoms with van der Waals surface area (Å²) in [6.45, 7) is 1.75. The fourth-order valence-corrected chi connectivity index (χ4v) is 1.88. The van der Waals surface area contributed by atoms with Gasteiger partial charge in [0.2, 0.25) is 0 Å². The van der Waals surface area contributed by atoms with Crippen LogP contribution in [0.25, 0.3) is 11.3 Å². The zero-order chi connectivity index (χ0) is 16.8. The zero-order valence-corrected chi connectivity index (χ0v) is 12.7. The number of aromatic amines is 1. The Morgan fingerprint density at radius 1 is 1.26 bits per heavy atom. The van der Waals surface area contributed by atoms with Gasteiger partial charge >= 0.3 is 5.97 Å². The molecule has 2 aromatic rings. The van der Waals surface area contributed by atoms with Crippen LogP contribution in [0.3, 0.4) is 0 Å². The van der Waals surface area contributed by atoms with E-state index in [1.54, 1.807) is 25.1 Å². The van der Waals surface area contributed by atoms with Crippen LogP contribution < -0.4 is 15.2 Å². The first-order chi connectivity index (χ1) is 11.1. The number of methoxy groups -OCH3 is 1. The summed E-state index contributed by atoms with van der Waals surface area (Å²) in [7, 11) is 1.45.